The second-order valence-electron chi connectivity index (χ2n) is 4.19. The van der Waals surface area contributed by atoms with Gasteiger partial charge in [0.2, 0.25) is 5.91 Å². The molecule has 0 aliphatic heterocycles. The van der Waals surface area contributed by atoms with Crippen LogP contribution in [-0.4, -0.2) is 29.0 Å². The Morgan fingerprint density at radius 2 is 2.05 bits per heavy atom. The second-order valence-corrected chi connectivity index (χ2v) is 4.19. The molecule has 112 valence electrons. The van der Waals surface area contributed by atoms with Crippen molar-refractivity contribution in [3.8, 4) is 0 Å². The molecule has 0 saturated heterocycles. The summed E-state index contributed by atoms with van der Waals surface area (Å²) < 4.78 is 0. The minimum Gasteiger partial charge on any atom is -0.356 e. The van der Waals surface area contributed by atoms with Gasteiger partial charge in [0.25, 0.3) is 0 Å². The van der Waals surface area contributed by atoms with Crippen LogP contribution in [0, 0.1) is 0 Å². The maximum atomic E-state index is 11.2. The number of imidazole rings is 1. The summed E-state index contributed by atoms with van der Waals surface area (Å²) in [5, 5.41) is 2.83. The molecule has 4 N–H and O–H groups in total. The molecular weight excluding hydrogens is 299 g/mol. The Bertz CT molecular complexity index is 497. The number of aromatic nitrogens is 2. The van der Waals surface area contributed by atoms with Crippen molar-refractivity contribution >= 4 is 41.8 Å². The van der Waals surface area contributed by atoms with E-state index >= 15 is 0 Å². The molecule has 0 unspecified atom stereocenters. The Morgan fingerprint density at radius 1 is 1.30 bits per heavy atom. The van der Waals surface area contributed by atoms with E-state index in [2.05, 4.69) is 15.3 Å². The van der Waals surface area contributed by atoms with Gasteiger partial charge in [-0.15, -0.1) is 24.8 Å². The van der Waals surface area contributed by atoms with E-state index in [-0.39, 0.29) is 30.7 Å². The molecule has 2 rings (SSSR count). The number of aromatic amines is 1. The number of nitrogens with one attached hydrogen (secondary N) is 2. The quantitative estimate of drug-likeness (QED) is 0.710. The summed E-state index contributed by atoms with van der Waals surface area (Å²) in [6.45, 7) is 1.06. The zero-order valence-electron chi connectivity index (χ0n) is 11.1. The standard InChI is InChI=1S/C13H18N4O.2ClH/c14-8-7-13(18)15-9-3-6-12-16-10-4-1-2-5-11(10)17-12;;/h1-2,4-5H,3,6-9,14H2,(H,15,18)(H,16,17);2*1H. The van der Waals surface area contributed by atoms with Crippen LogP contribution in [-0.2, 0) is 11.2 Å². The lowest BCUT2D eigenvalue weighted by Gasteiger charge is -2.02. The maximum Gasteiger partial charge on any atom is 0.221 e. The lowest BCUT2D eigenvalue weighted by atomic mass is 10.3. The van der Waals surface area contributed by atoms with E-state index in [0.29, 0.717) is 19.5 Å². The van der Waals surface area contributed by atoms with E-state index in [9.17, 15) is 4.79 Å². The zero-order valence-corrected chi connectivity index (χ0v) is 12.7. The van der Waals surface area contributed by atoms with E-state index in [4.69, 9.17) is 5.73 Å². The molecule has 1 amide bonds. The van der Waals surface area contributed by atoms with Crippen molar-refractivity contribution in [1.29, 1.82) is 0 Å². The number of para-hydroxylation sites is 2. The van der Waals surface area contributed by atoms with Crippen molar-refractivity contribution in [3.05, 3.63) is 30.1 Å². The number of fused-ring (bicyclic) bond motifs is 1. The van der Waals surface area contributed by atoms with Crippen LogP contribution in [0.2, 0.25) is 0 Å². The van der Waals surface area contributed by atoms with E-state index in [1.54, 1.807) is 0 Å². The highest BCUT2D eigenvalue weighted by Crippen LogP contribution is 2.10. The van der Waals surface area contributed by atoms with Gasteiger partial charge in [-0.1, -0.05) is 12.1 Å². The monoisotopic (exact) mass is 318 g/mol. The molecule has 1 heterocycles. The van der Waals surface area contributed by atoms with Crippen LogP contribution in [0.1, 0.15) is 18.7 Å². The van der Waals surface area contributed by atoms with Crippen LogP contribution in [0.15, 0.2) is 24.3 Å². The minimum absolute atomic E-state index is 0. The number of amides is 1. The Balaban J connectivity index is 0.00000180. The smallest absolute Gasteiger partial charge is 0.221 e. The average Bonchev–Trinajstić information content (AvgIpc) is 2.77. The molecule has 5 nitrogen and oxygen atoms in total. The third-order valence-electron chi connectivity index (χ3n) is 2.72. The summed E-state index contributed by atoms with van der Waals surface area (Å²) in [5.74, 6) is 0.978. The number of hydrogen-bond acceptors (Lipinski definition) is 3. The van der Waals surface area contributed by atoms with Crippen LogP contribution in [0.3, 0.4) is 0 Å². The average molecular weight is 319 g/mol. The Labute approximate surface area is 130 Å². The van der Waals surface area contributed by atoms with E-state index in [0.717, 1.165) is 29.7 Å². The van der Waals surface area contributed by atoms with Crippen LogP contribution in [0.25, 0.3) is 11.0 Å². The summed E-state index contributed by atoms with van der Waals surface area (Å²) in [6.07, 6.45) is 2.10. The van der Waals surface area contributed by atoms with Gasteiger partial charge in [0, 0.05) is 25.9 Å². The van der Waals surface area contributed by atoms with Gasteiger partial charge >= 0.3 is 0 Å². The molecule has 7 heteroatoms. The Kier molecular flexibility index (Phi) is 8.96. The predicted octanol–water partition coefficient (Wildman–Crippen LogP) is 1.80. The van der Waals surface area contributed by atoms with E-state index in [1.165, 1.54) is 0 Å². The summed E-state index contributed by atoms with van der Waals surface area (Å²) >= 11 is 0. The summed E-state index contributed by atoms with van der Waals surface area (Å²) in [4.78, 5) is 18.9. The van der Waals surface area contributed by atoms with Gasteiger partial charge in [-0.3, -0.25) is 4.79 Å². The number of halogens is 2. The molecule has 0 aliphatic rings. The molecule has 1 aromatic heterocycles. The number of carbonyl (C=O) groups excluding carboxylic acids is 1. The minimum atomic E-state index is 0. The lowest BCUT2D eigenvalue weighted by Crippen LogP contribution is -2.26. The third-order valence-corrected chi connectivity index (χ3v) is 2.72. The number of carbonyl (C=O) groups is 1. The largest absolute Gasteiger partial charge is 0.356 e. The highest BCUT2D eigenvalue weighted by molar-refractivity contribution is 5.85. The molecule has 0 fully saturated rings. The van der Waals surface area contributed by atoms with Gasteiger partial charge in [-0.05, 0) is 18.6 Å². The van der Waals surface area contributed by atoms with Crippen molar-refractivity contribution in [2.24, 2.45) is 5.73 Å². The molecule has 0 spiro atoms. The van der Waals surface area contributed by atoms with Gasteiger partial charge in [-0.2, -0.15) is 0 Å². The maximum absolute atomic E-state index is 11.2. The Morgan fingerprint density at radius 3 is 2.75 bits per heavy atom. The number of nitrogens with zero attached hydrogens (tertiary/aromatic N) is 1. The van der Waals surface area contributed by atoms with Gasteiger partial charge in [0.15, 0.2) is 0 Å². The molecule has 1 aromatic carbocycles. The van der Waals surface area contributed by atoms with E-state index < -0.39 is 0 Å². The number of hydrogen-bond donors (Lipinski definition) is 3. The normalized spacial score (nSPS) is 9.65. The summed E-state index contributed by atoms with van der Waals surface area (Å²) in [7, 11) is 0. The summed E-state index contributed by atoms with van der Waals surface area (Å²) in [6, 6.07) is 7.95. The van der Waals surface area contributed by atoms with Crippen LogP contribution in [0.5, 0.6) is 0 Å². The molecule has 0 atom stereocenters. The number of H-pyrrole nitrogens is 1. The first kappa shape index (κ1) is 18.7. The highest BCUT2D eigenvalue weighted by Gasteiger charge is 2.02. The summed E-state index contributed by atoms with van der Waals surface area (Å²) in [5.41, 5.74) is 7.33. The number of aryl methyl sites for hydroxylation is 1. The lowest BCUT2D eigenvalue weighted by molar-refractivity contribution is -0.120. The van der Waals surface area contributed by atoms with E-state index in [1.807, 2.05) is 24.3 Å². The van der Waals surface area contributed by atoms with Gasteiger partial charge in [0.05, 0.1) is 11.0 Å². The number of nitrogens with two attached hydrogens (primary N) is 1. The number of rotatable bonds is 6. The molecule has 0 bridgehead atoms. The SMILES string of the molecule is Cl.Cl.NCCC(=O)NCCCc1nc2ccccc2[nH]1. The highest BCUT2D eigenvalue weighted by atomic mass is 35.5. The molecule has 0 saturated carbocycles. The first-order chi connectivity index (χ1) is 8.79. The van der Waals surface area contributed by atoms with Gasteiger partial charge in [0.1, 0.15) is 5.82 Å². The third kappa shape index (κ3) is 5.36. The first-order valence-electron chi connectivity index (χ1n) is 6.20. The molecular formula is C13H20Cl2N4O. The van der Waals surface area contributed by atoms with Crippen molar-refractivity contribution in [2.75, 3.05) is 13.1 Å². The topological polar surface area (TPSA) is 83.8 Å². The predicted molar refractivity (Wildman–Crippen MR) is 85.6 cm³/mol. The second kappa shape index (κ2) is 9.58. The van der Waals surface area contributed by atoms with Crippen LogP contribution < -0.4 is 11.1 Å². The number of benzene rings is 1. The van der Waals surface area contributed by atoms with Crippen molar-refractivity contribution in [3.63, 3.8) is 0 Å². The molecule has 2 aromatic rings. The van der Waals surface area contributed by atoms with Gasteiger partial charge < -0.3 is 16.0 Å². The zero-order chi connectivity index (χ0) is 12.8. The first-order valence-corrected chi connectivity index (χ1v) is 6.20. The fraction of sp³-hybridized carbons (Fsp3) is 0.385. The van der Waals surface area contributed by atoms with Crippen molar-refractivity contribution in [2.45, 2.75) is 19.3 Å². The molecule has 20 heavy (non-hydrogen) atoms. The van der Waals surface area contributed by atoms with Gasteiger partial charge in [-0.25, -0.2) is 4.98 Å². The van der Waals surface area contributed by atoms with Crippen molar-refractivity contribution in [1.82, 2.24) is 15.3 Å². The van der Waals surface area contributed by atoms with Crippen molar-refractivity contribution < 1.29 is 4.79 Å². The fourth-order valence-corrected chi connectivity index (χ4v) is 1.83. The van der Waals surface area contributed by atoms with Crippen LogP contribution >= 0.6 is 24.8 Å². The molecule has 0 radical (unpaired) electrons. The molecule has 0 aliphatic carbocycles. The van der Waals surface area contributed by atoms with Crippen LogP contribution in [0.4, 0.5) is 0 Å². The Hall–Kier alpha value is -1.30. The fourth-order valence-electron chi connectivity index (χ4n) is 1.83.